The SMILES string of the molecule is COC(=O)c1ccc(NC(=O)CSCC2CCCCO2)c(=O)[nH]1. The molecular formula is C15H20N2O5S. The molecule has 0 bridgehead atoms. The normalized spacial score (nSPS) is 17.5. The summed E-state index contributed by atoms with van der Waals surface area (Å²) < 4.78 is 10.1. The van der Waals surface area contributed by atoms with Gasteiger partial charge in [0, 0.05) is 12.4 Å². The number of carbonyl (C=O) groups is 2. The molecule has 1 aliphatic heterocycles. The van der Waals surface area contributed by atoms with Crippen LogP contribution in [0.25, 0.3) is 0 Å². The Morgan fingerprint density at radius 3 is 2.91 bits per heavy atom. The molecule has 1 fully saturated rings. The van der Waals surface area contributed by atoms with Crippen molar-refractivity contribution in [1.82, 2.24) is 4.98 Å². The van der Waals surface area contributed by atoms with Crippen LogP contribution < -0.4 is 10.9 Å². The molecule has 2 heterocycles. The molecule has 1 unspecified atom stereocenters. The van der Waals surface area contributed by atoms with E-state index in [1.54, 1.807) is 0 Å². The van der Waals surface area contributed by atoms with E-state index in [1.165, 1.54) is 37.4 Å². The Hall–Kier alpha value is -1.80. The van der Waals surface area contributed by atoms with Gasteiger partial charge in [0.05, 0.1) is 19.0 Å². The lowest BCUT2D eigenvalue weighted by molar-refractivity contribution is -0.113. The summed E-state index contributed by atoms with van der Waals surface area (Å²) in [6, 6.07) is 2.78. The minimum atomic E-state index is -0.636. The first kappa shape index (κ1) is 17.6. The Morgan fingerprint density at radius 1 is 1.43 bits per heavy atom. The van der Waals surface area contributed by atoms with Gasteiger partial charge in [0.25, 0.3) is 5.56 Å². The van der Waals surface area contributed by atoms with Crippen molar-refractivity contribution in [2.24, 2.45) is 0 Å². The maximum Gasteiger partial charge on any atom is 0.354 e. The van der Waals surface area contributed by atoms with Crippen LogP contribution in [0.5, 0.6) is 0 Å². The third-order valence-corrected chi connectivity index (χ3v) is 4.47. The van der Waals surface area contributed by atoms with Gasteiger partial charge in [0.2, 0.25) is 5.91 Å². The van der Waals surface area contributed by atoms with Gasteiger partial charge in [-0.2, -0.15) is 0 Å². The number of aromatic nitrogens is 1. The summed E-state index contributed by atoms with van der Waals surface area (Å²) in [4.78, 5) is 37.3. The van der Waals surface area contributed by atoms with Crippen LogP contribution in [0.15, 0.2) is 16.9 Å². The fourth-order valence-corrected chi connectivity index (χ4v) is 3.11. The zero-order valence-electron chi connectivity index (χ0n) is 12.9. The number of hydrogen-bond donors (Lipinski definition) is 2. The molecule has 2 rings (SSSR count). The van der Waals surface area contributed by atoms with Crippen molar-refractivity contribution in [3.8, 4) is 0 Å². The van der Waals surface area contributed by atoms with E-state index >= 15 is 0 Å². The fourth-order valence-electron chi connectivity index (χ4n) is 2.21. The molecule has 1 aromatic rings. The molecule has 0 spiro atoms. The van der Waals surface area contributed by atoms with E-state index < -0.39 is 11.5 Å². The molecular weight excluding hydrogens is 320 g/mol. The van der Waals surface area contributed by atoms with Gasteiger partial charge in [-0.3, -0.25) is 9.59 Å². The summed E-state index contributed by atoms with van der Waals surface area (Å²) in [7, 11) is 1.23. The molecule has 8 heteroatoms. The Kier molecular flexibility index (Phi) is 6.66. The van der Waals surface area contributed by atoms with Gasteiger partial charge < -0.3 is 19.8 Å². The first-order valence-electron chi connectivity index (χ1n) is 7.41. The summed E-state index contributed by atoms with van der Waals surface area (Å²) in [5, 5.41) is 2.54. The highest BCUT2D eigenvalue weighted by Crippen LogP contribution is 2.17. The molecule has 2 N–H and O–H groups in total. The number of hydrogen-bond acceptors (Lipinski definition) is 6. The molecule has 1 saturated heterocycles. The maximum absolute atomic E-state index is 11.9. The van der Waals surface area contributed by atoms with Gasteiger partial charge in [-0.1, -0.05) is 0 Å². The van der Waals surface area contributed by atoms with E-state index in [0.29, 0.717) is 0 Å². The van der Waals surface area contributed by atoms with Crippen LogP contribution in [-0.4, -0.2) is 48.2 Å². The molecule has 23 heavy (non-hydrogen) atoms. The Morgan fingerprint density at radius 2 is 2.26 bits per heavy atom. The first-order valence-corrected chi connectivity index (χ1v) is 8.56. The van der Waals surface area contributed by atoms with Gasteiger partial charge in [0.1, 0.15) is 11.4 Å². The largest absolute Gasteiger partial charge is 0.464 e. The van der Waals surface area contributed by atoms with Crippen molar-refractivity contribution in [2.75, 3.05) is 30.5 Å². The van der Waals surface area contributed by atoms with Crippen LogP contribution in [0.3, 0.4) is 0 Å². The number of thioether (sulfide) groups is 1. The van der Waals surface area contributed by atoms with E-state index in [-0.39, 0.29) is 29.1 Å². The number of nitrogens with one attached hydrogen (secondary N) is 2. The Labute approximate surface area is 138 Å². The zero-order valence-corrected chi connectivity index (χ0v) is 13.7. The number of anilines is 1. The van der Waals surface area contributed by atoms with E-state index in [1.807, 2.05) is 0 Å². The van der Waals surface area contributed by atoms with E-state index in [0.717, 1.165) is 25.2 Å². The van der Waals surface area contributed by atoms with E-state index in [9.17, 15) is 14.4 Å². The molecule has 0 aliphatic carbocycles. The topological polar surface area (TPSA) is 97.5 Å². The zero-order chi connectivity index (χ0) is 16.7. The van der Waals surface area contributed by atoms with Gasteiger partial charge in [-0.15, -0.1) is 11.8 Å². The second kappa shape index (κ2) is 8.73. The van der Waals surface area contributed by atoms with E-state index in [2.05, 4.69) is 15.0 Å². The predicted octanol–water partition coefficient (Wildman–Crippen LogP) is 1.40. The standard InChI is InChI=1S/C15H20N2O5S/c1-21-15(20)12-6-5-11(14(19)17-12)16-13(18)9-23-8-10-4-2-3-7-22-10/h5-6,10H,2-4,7-9H2,1H3,(H,16,18)(H,17,19). The number of amides is 1. The average molecular weight is 340 g/mol. The summed E-state index contributed by atoms with van der Waals surface area (Å²) >= 11 is 1.48. The number of carbonyl (C=O) groups excluding carboxylic acids is 2. The average Bonchev–Trinajstić information content (AvgIpc) is 2.57. The maximum atomic E-state index is 11.9. The lowest BCUT2D eigenvalue weighted by atomic mass is 10.1. The van der Waals surface area contributed by atoms with Crippen molar-refractivity contribution in [3.63, 3.8) is 0 Å². The van der Waals surface area contributed by atoms with Crippen LogP contribution in [0.4, 0.5) is 5.69 Å². The summed E-state index contributed by atoms with van der Waals surface area (Å²) in [5.41, 5.74) is -0.390. The minimum absolute atomic E-state index is 0.0410. The van der Waals surface area contributed by atoms with Gasteiger partial charge >= 0.3 is 5.97 Å². The van der Waals surface area contributed by atoms with Crippen LogP contribution in [0.1, 0.15) is 29.8 Å². The molecule has 1 atom stereocenters. The molecule has 0 radical (unpaired) electrons. The lowest BCUT2D eigenvalue weighted by Gasteiger charge is -2.21. The molecule has 1 aromatic heterocycles. The summed E-state index contributed by atoms with van der Waals surface area (Å²) in [6.45, 7) is 0.791. The van der Waals surface area contributed by atoms with Crippen molar-refractivity contribution in [1.29, 1.82) is 0 Å². The number of aromatic amines is 1. The highest BCUT2D eigenvalue weighted by atomic mass is 32.2. The number of H-pyrrole nitrogens is 1. The number of ether oxygens (including phenoxy) is 2. The number of rotatable bonds is 6. The van der Waals surface area contributed by atoms with E-state index in [4.69, 9.17) is 4.74 Å². The molecule has 1 aliphatic rings. The summed E-state index contributed by atoms with van der Waals surface area (Å²) in [6.07, 6.45) is 3.51. The van der Waals surface area contributed by atoms with Gasteiger partial charge in [-0.05, 0) is 31.4 Å². The molecule has 126 valence electrons. The minimum Gasteiger partial charge on any atom is -0.464 e. The van der Waals surface area contributed by atoms with Crippen LogP contribution >= 0.6 is 11.8 Å². The highest BCUT2D eigenvalue weighted by molar-refractivity contribution is 8.00. The molecule has 7 nitrogen and oxygen atoms in total. The molecule has 0 aromatic carbocycles. The second-order valence-electron chi connectivity index (χ2n) is 5.16. The fraction of sp³-hybridized carbons (Fsp3) is 0.533. The van der Waals surface area contributed by atoms with Crippen molar-refractivity contribution in [3.05, 3.63) is 28.2 Å². The number of pyridine rings is 1. The highest BCUT2D eigenvalue weighted by Gasteiger charge is 2.15. The van der Waals surface area contributed by atoms with Gasteiger partial charge in [0.15, 0.2) is 0 Å². The third kappa shape index (κ3) is 5.40. The molecule has 0 saturated carbocycles. The summed E-state index contributed by atoms with van der Waals surface area (Å²) in [5.74, 6) is 0.119. The monoisotopic (exact) mass is 340 g/mol. The molecule has 1 amide bonds. The number of methoxy groups -OCH3 is 1. The van der Waals surface area contributed by atoms with Crippen LogP contribution in [-0.2, 0) is 14.3 Å². The quantitative estimate of drug-likeness (QED) is 0.760. The van der Waals surface area contributed by atoms with Crippen LogP contribution in [0.2, 0.25) is 0 Å². The Bertz CT molecular complexity index is 610. The second-order valence-corrected chi connectivity index (χ2v) is 6.19. The Balaban J connectivity index is 1.80. The lowest BCUT2D eigenvalue weighted by Crippen LogP contribution is -2.25. The smallest absolute Gasteiger partial charge is 0.354 e. The predicted molar refractivity (Wildman–Crippen MR) is 87.9 cm³/mol. The van der Waals surface area contributed by atoms with Crippen molar-refractivity contribution < 1.29 is 19.1 Å². The van der Waals surface area contributed by atoms with Crippen molar-refractivity contribution >= 4 is 29.3 Å². The van der Waals surface area contributed by atoms with Crippen LogP contribution in [0, 0.1) is 0 Å². The van der Waals surface area contributed by atoms with Gasteiger partial charge in [-0.25, -0.2) is 4.79 Å². The first-order chi connectivity index (χ1) is 11.1. The number of esters is 1. The third-order valence-electron chi connectivity index (χ3n) is 3.40. The van der Waals surface area contributed by atoms with Crippen molar-refractivity contribution in [2.45, 2.75) is 25.4 Å².